The number of likely N-dealkylation sites (N-methyl/N-ethyl adjacent to an activating group) is 1. The van der Waals surface area contributed by atoms with Crippen LogP contribution in [0.4, 0.5) is 0 Å². The number of allylic oxidation sites excluding steroid dienone is 7. The highest BCUT2D eigenvalue weighted by Gasteiger charge is 2.27. The Hall–Kier alpha value is -1.54. The second-order valence-electron chi connectivity index (χ2n) is 21.7. The van der Waals surface area contributed by atoms with Gasteiger partial charge in [0.05, 0.1) is 39.9 Å². The standard InChI is InChI=1S/C61H117N2O6P/c1-6-8-10-12-14-16-18-20-22-23-24-25-26-27-28-29-30-31-32-33-34-35-36-37-38-39-41-43-45-47-49-51-53-55-61(65)62-59(58-69-70(66,67)68-57-56-63(3,4)5)60(64)54-52-50-48-46-44-42-40-21-19-17-15-13-11-9-7-2/h19,21,23-24,44,46,52,54,59-60,64H,6-18,20,22,25-43,45,47-51,53,55-58H2,1-5H3,(H-,62,65,66,67)/p+1/b21-19+,24-23-,46-44+,54-52+. The molecule has 412 valence electrons. The number of nitrogens with one attached hydrogen (secondary N) is 1. The summed E-state index contributed by atoms with van der Waals surface area (Å²) in [6.45, 7) is 4.79. The van der Waals surface area contributed by atoms with E-state index in [-0.39, 0.29) is 19.1 Å². The van der Waals surface area contributed by atoms with Crippen LogP contribution in [0.2, 0.25) is 0 Å². The molecule has 0 saturated carbocycles. The molecule has 0 aliphatic carbocycles. The predicted molar refractivity (Wildman–Crippen MR) is 304 cm³/mol. The third kappa shape index (κ3) is 54.2. The number of phosphoric acid groups is 1. The molecule has 3 atom stereocenters. The number of unbranched alkanes of at least 4 members (excludes halogenated alkanes) is 36. The molecule has 8 nitrogen and oxygen atoms in total. The summed E-state index contributed by atoms with van der Waals surface area (Å²) in [5.74, 6) is -0.188. The predicted octanol–water partition coefficient (Wildman–Crippen LogP) is 18.3. The molecule has 0 aliphatic heterocycles. The van der Waals surface area contributed by atoms with Crippen molar-refractivity contribution < 1.29 is 32.9 Å². The summed E-state index contributed by atoms with van der Waals surface area (Å²) in [6.07, 6.45) is 69.5. The van der Waals surface area contributed by atoms with Gasteiger partial charge in [-0.2, -0.15) is 0 Å². The first-order valence-corrected chi connectivity index (χ1v) is 31.5. The zero-order valence-corrected chi connectivity index (χ0v) is 47.9. The molecule has 0 spiro atoms. The van der Waals surface area contributed by atoms with Gasteiger partial charge in [-0.15, -0.1) is 0 Å². The maximum atomic E-state index is 13.0. The summed E-state index contributed by atoms with van der Waals surface area (Å²) < 4.78 is 23.7. The lowest BCUT2D eigenvalue weighted by Gasteiger charge is -2.25. The van der Waals surface area contributed by atoms with Crippen molar-refractivity contribution in [2.24, 2.45) is 0 Å². The van der Waals surface area contributed by atoms with Crippen LogP contribution in [0.15, 0.2) is 48.6 Å². The van der Waals surface area contributed by atoms with Crippen molar-refractivity contribution in [1.29, 1.82) is 0 Å². The smallest absolute Gasteiger partial charge is 0.387 e. The van der Waals surface area contributed by atoms with E-state index in [1.807, 2.05) is 27.2 Å². The topological polar surface area (TPSA) is 105 Å². The van der Waals surface area contributed by atoms with E-state index in [1.165, 1.54) is 218 Å². The van der Waals surface area contributed by atoms with Crippen LogP contribution in [0.5, 0.6) is 0 Å². The SMILES string of the molecule is CCCCCCC/C=C/CC/C=C/CC/C=C/C(O)C(COP(=O)(O)OCC[N+](C)(C)C)NC(=O)CCCCCCCCCCCCCCCCCCCCCCC/C=C\CCCCCCCCCC. The lowest BCUT2D eigenvalue weighted by Crippen LogP contribution is -2.45. The Balaban J connectivity index is 4.04. The third-order valence-electron chi connectivity index (χ3n) is 13.5. The molecule has 0 fully saturated rings. The number of nitrogens with zero attached hydrogens (tertiary/aromatic N) is 1. The molecule has 0 heterocycles. The maximum Gasteiger partial charge on any atom is 0.472 e. The highest BCUT2D eigenvalue weighted by Crippen LogP contribution is 2.43. The van der Waals surface area contributed by atoms with Crippen molar-refractivity contribution in [2.75, 3.05) is 40.9 Å². The average Bonchev–Trinajstić information content (AvgIpc) is 3.32. The van der Waals surface area contributed by atoms with E-state index in [0.29, 0.717) is 17.4 Å². The fourth-order valence-corrected chi connectivity index (χ4v) is 9.51. The van der Waals surface area contributed by atoms with Crippen LogP contribution in [0.25, 0.3) is 0 Å². The number of amides is 1. The number of phosphoric ester groups is 1. The van der Waals surface area contributed by atoms with Gasteiger partial charge in [0.1, 0.15) is 13.2 Å². The Morgan fingerprint density at radius 3 is 1.14 bits per heavy atom. The zero-order chi connectivity index (χ0) is 51.3. The molecule has 0 bridgehead atoms. The lowest BCUT2D eigenvalue weighted by molar-refractivity contribution is -0.870. The molecule has 0 rings (SSSR count). The molecule has 3 unspecified atom stereocenters. The average molecular weight is 1010 g/mol. The van der Waals surface area contributed by atoms with Gasteiger partial charge >= 0.3 is 7.82 Å². The minimum absolute atomic E-state index is 0.0540. The molecule has 0 aromatic heterocycles. The number of carbonyl (C=O) groups is 1. The van der Waals surface area contributed by atoms with Gasteiger partial charge in [0.15, 0.2) is 0 Å². The Kier molecular flexibility index (Phi) is 51.2. The number of quaternary nitrogens is 1. The molecular weight excluding hydrogens is 888 g/mol. The van der Waals surface area contributed by atoms with Gasteiger partial charge in [0.2, 0.25) is 5.91 Å². The van der Waals surface area contributed by atoms with Crippen LogP contribution in [-0.4, -0.2) is 73.4 Å². The number of hydrogen-bond donors (Lipinski definition) is 3. The normalized spacial score (nSPS) is 14.2. The van der Waals surface area contributed by atoms with E-state index in [9.17, 15) is 19.4 Å². The van der Waals surface area contributed by atoms with E-state index in [4.69, 9.17) is 9.05 Å². The molecule has 9 heteroatoms. The number of rotatable bonds is 55. The quantitative estimate of drug-likeness (QED) is 0.0243. The number of aliphatic hydroxyl groups excluding tert-OH is 1. The monoisotopic (exact) mass is 1010 g/mol. The minimum atomic E-state index is -4.36. The van der Waals surface area contributed by atoms with E-state index in [0.717, 1.165) is 44.9 Å². The molecule has 70 heavy (non-hydrogen) atoms. The highest BCUT2D eigenvalue weighted by molar-refractivity contribution is 7.47. The summed E-state index contributed by atoms with van der Waals surface area (Å²) in [7, 11) is 1.55. The maximum absolute atomic E-state index is 13.0. The van der Waals surface area contributed by atoms with Crippen LogP contribution in [0.1, 0.15) is 284 Å². The van der Waals surface area contributed by atoms with Crippen molar-refractivity contribution in [3.63, 3.8) is 0 Å². The van der Waals surface area contributed by atoms with Crippen LogP contribution in [-0.2, 0) is 18.4 Å². The van der Waals surface area contributed by atoms with Crippen molar-refractivity contribution in [1.82, 2.24) is 5.32 Å². The lowest BCUT2D eigenvalue weighted by atomic mass is 10.0. The largest absolute Gasteiger partial charge is 0.472 e. The zero-order valence-electron chi connectivity index (χ0n) is 47.0. The van der Waals surface area contributed by atoms with E-state index >= 15 is 0 Å². The number of carbonyl (C=O) groups excluding carboxylic acids is 1. The molecule has 3 N–H and O–H groups in total. The first-order chi connectivity index (χ1) is 34.0. The summed E-state index contributed by atoms with van der Waals surface area (Å²) >= 11 is 0. The first-order valence-electron chi connectivity index (χ1n) is 30.0. The van der Waals surface area contributed by atoms with Gasteiger partial charge in [-0.05, 0) is 70.6 Å². The fourth-order valence-electron chi connectivity index (χ4n) is 8.78. The molecule has 0 aromatic carbocycles. The number of aliphatic hydroxyl groups is 1. The van der Waals surface area contributed by atoms with Crippen molar-refractivity contribution in [2.45, 2.75) is 296 Å². The van der Waals surface area contributed by atoms with Gasteiger partial charge in [-0.1, -0.05) is 255 Å². The van der Waals surface area contributed by atoms with Crippen LogP contribution < -0.4 is 5.32 Å². The molecule has 0 radical (unpaired) electrons. The van der Waals surface area contributed by atoms with Gasteiger partial charge in [-0.25, -0.2) is 4.57 Å². The van der Waals surface area contributed by atoms with Gasteiger partial charge in [0.25, 0.3) is 0 Å². The molecule has 0 saturated heterocycles. The Labute approximate surface area is 435 Å². The van der Waals surface area contributed by atoms with Crippen molar-refractivity contribution >= 4 is 13.7 Å². The Bertz CT molecular complexity index is 1280. The van der Waals surface area contributed by atoms with Crippen LogP contribution in [0, 0.1) is 0 Å². The number of hydrogen-bond acceptors (Lipinski definition) is 5. The van der Waals surface area contributed by atoms with E-state index in [1.54, 1.807) is 6.08 Å². The second kappa shape index (κ2) is 52.3. The summed E-state index contributed by atoms with van der Waals surface area (Å²) in [5.41, 5.74) is 0. The van der Waals surface area contributed by atoms with Crippen LogP contribution >= 0.6 is 7.82 Å². The highest BCUT2D eigenvalue weighted by atomic mass is 31.2. The van der Waals surface area contributed by atoms with E-state index < -0.39 is 20.0 Å². The van der Waals surface area contributed by atoms with Crippen molar-refractivity contribution in [3.05, 3.63) is 48.6 Å². The molecule has 0 aliphatic rings. The summed E-state index contributed by atoms with van der Waals surface area (Å²) in [4.78, 5) is 23.3. The summed E-state index contributed by atoms with van der Waals surface area (Å²) in [5, 5.41) is 13.9. The molecular formula is C61H118N2O6P+. The molecule has 0 aromatic rings. The molecule has 1 amide bonds. The van der Waals surface area contributed by atoms with Gasteiger partial charge in [0, 0.05) is 6.42 Å². The van der Waals surface area contributed by atoms with E-state index in [2.05, 4.69) is 55.6 Å². The third-order valence-corrected chi connectivity index (χ3v) is 14.5. The van der Waals surface area contributed by atoms with Crippen molar-refractivity contribution in [3.8, 4) is 0 Å². The second-order valence-corrected chi connectivity index (χ2v) is 23.2. The Morgan fingerprint density at radius 1 is 0.471 bits per heavy atom. The van der Waals surface area contributed by atoms with Gasteiger partial charge < -0.3 is 19.8 Å². The van der Waals surface area contributed by atoms with Gasteiger partial charge in [-0.3, -0.25) is 13.8 Å². The Morgan fingerprint density at radius 2 is 0.786 bits per heavy atom. The summed E-state index contributed by atoms with van der Waals surface area (Å²) in [6, 6.07) is -0.869. The first kappa shape index (κ1) is 68.5. The minimum Gasteiger partial charge on any atom is -0.387 e. The fraction of sp³-hybridized carbons (Fsp3) is 0.852. The van der Waals surface area contributed by atoms with Crippen LogP contribution in [0.3, 0.4) is 0 Å².